The lowest BCUT2D eigenvalue weighted by molar-refractivity contribution is 0.403. The fourth-order valence-corrected chi connectivity index (χ4v) is 1.84. The molecule has 0 radical (unpaired) electrons. The molecule has 0 heterocycles. The lowest BCUT2D eigenvalue weighted by Crippen LogP contribution is -1.82. The van der Waals surface area contributed by atoms with Gasteiger partial charge in [-0.05, 0) is 30.3 Å². The van der Waals surface area contributed by atoms with Crippen LogP contribution in [-0.4, -0.2) is 16.4 Å². The van der Waals surface area contributed by atoms with Crippen LogP contribution in [0, 0.1) is 0 Å². The molecule has 0 saturated heterocycles. The second kappa shape index (κ2) is 5.29. The van der Waals surface area contributed by atoms with E-state index in [4.69, 9.17) is 23.2 Å². The lowest BCUT2D eigenvalue weighted by atomic mass is 10.2. The van der Waals surface area contributed by atoms with Crippen LogP contribution in [0.3, 0.4) is 0 Å². The van der Waals surface area contributed by atoms with Gasteiger partial charge in [0.15, 0.2) is 11.5 Å². The summed E-state index contributed by atoms with van der Waals surface area (Å²) >= 11 is 11.7. The topological polar surface area (TPSA) is 52.8 Å². The van der Waals surface area contributed by atoms with Gasteiger partial charge in [0.1, 0.15) is 0 Å². The molecule has 0 saturated carbocycles. The third kappa shape index (κ3) is 2.75. The van der Waals surface area contributed by atoms with Gasteiger partial charge in [-0.3, -0.25) is 4.99 Å². The number of nitrogens with zero attached hydrogens (tertiary/aromatic N) is 1. The molecule has 2 rings (SSSR count). The molecule has 0 unspecified atom stereocenters. The summed E-state index contributed by atoms with van der Waals surface area (Å²) in [5.74, 6) is -0.410. The Balaban J connectivity index is 2.33. The zero-order chi connectivity index (χ0) is 13.1. The van der Waals surface area contributed by atoms with E-state index in [2.05, 4.69) is 4.99 Å². The zero-order valence-corrected chi connectivity index (χ0v) is 10.7. The van der Waals surface area contributed by atoms with Gasteiger partial charge >= 0.3 is 0 Å². The van der Waals surface area contributed by atoms with Gasteiger partial charge in [-0.25, -0.2) is 0 Å². The Morgan fingerprint density at radius 2 is 1.83 bits per heavy atom. The van der Waals surface area contributed by atoms with E-state index in [1.165, 1.54) is 12.3 Å². The van der Waals surface area contributed by atoms with Crippen molar-refractivity contribution in [2.75, 3.05) is 0 Å². The van der Waals surface area contributed by atoms with E-state index in [0.717, 1.165) is 0 Å². The van der Waals surface area contributed by atoms with Crippen LogP contribution < -0.4 is 0 Å². The number of halogens is 2. The van der Waals surface area contributed by atoms with Crippen LogP contribution in [0.4, 0.5) is 5.69 Å². The van der Waals surface area contributed by atoms with Crippen LogP contribution in [0.2, 0.25) is 10.0 Å². The van der Waals surface area contributed by atoms with Crippen molar-refractivity contribution in [3.63, 3.8) is 0 Å². The van der Waals surface area contributed by atoms with Crippen LogP contribution in [0.15, 0.2) is 41.4 Å². The highest BCUT2D eigenvalue weighted by molar-refractivity contribution is 6.36. The number of hydrogen-bond donors (Lipinski definition) is 2. The molecule has 0 atom stereocenters. The third-order valence-electron chi connectivity index (χ3n) is 2.30. The highest BCUT2D eigenvalue weighted by Crippen LogP contribution is 2.30. The molecule has 0 aliphatic heterocycles. The fraction of sp³-hybridized carbons (Fsp3) is 0. The Morgan fingerprint density at radius 1 is 1.06 bits per heavy atom. The summed E-state index contributed by atoms with van der Waals surface area (Å²) in [6.45, 7) is 0. The van der Waals surface area contributed by atoms with E-state index in [-0.39, 0.29) is 11.5 Å². The van der Waals surface area contributed by atoms with Crippen molar-refractivity contribution in [3.8, 4) is 11.5 Å². The molecule has 0 aromatic heterocycles. The Hall–Kier alpha value is -1.71. The molecule has 2 aromatic rings. The van der Waals surface area contributed by atoms with E-state index in [1.807, 2.05) is 0 Å². The van der Waals surface area contributed by atoms with Crippen molar-refractivity contribution in [2.45, 2.75) is 0 Å². The van der Waals surface area contributed by atoms with E-state index in [9.17, 15) is 10.2 Å². The second-order valence-corrected chi connectivity index (χ2v) is 4.41. The number of phenolic OH excluding ortho intramolecular Hbond substituents is 2. The van der Waals surface area contributed by atoms with Crippen molar-refractivity contribution in [1.82, 2.24) is 0 Å². The number of hydrogen-bond acceptors (Lipinski definition) is 3. The Kier molecular flexibility index (Phi) is 3.75. The van der Waals surface area contributed by atoms with Crippen molar-refractivity contribution >= 4 is 35.1 Å². The maximum Gasteiger partial charge on any atom is 0.166 e. The number of benzene rings is 2. The minimum absolute atomic E-state index is 0.193. The largest absolute Gasteiger partial charge is 0.504 e. The van der Waals surface area contributed by atoms with Crippen LogP contribution in [0.5, 0.6) is 11.5 Å². The number of rotatable bonds is 2. The summed E-state index contributed by atoms with van der Waals surface area (Å²) in [5, 5.41) is 19.9. The molecule has 0 amide bonds. The molecular weight excluding hydrogens is 273 g/mol. The molecule has 0 fully saturated rings. The molecule has 2 N–H and O–H groups in total. The number of phenols is 2. The lowest BCUT2D eigenvalue weighted by Gasteiger charge is -2.01. The normalized spacial score (nSPS) is 11.0. The molecule has 0 bridgehead atoms. The van der Waals surface area contributed by atoms with Gasteiger partial charge in [0.25, 0.3) is 0 Å². The first-order valence-electron chi connectivity index (χ1n) is 5.08. The fourth-order valence-electron chi connectivity index (χ4n) is 1.38. The molecule has 3 nitrogen and oxygen atoms in total. The quantitative estimate of drug-likeness (QED) is 0.642. The van der Waals surface area contributed by atoms with Gasteiger partial charge in [-0.2, -0.15) is 0 Å². The Labute approximate surface area is 114 Å². The molecule has 0 aliphatic rings. The SMILES string of the molecule is Oc1cccc(C=Nc2ccc(Cl)cc2Cl)c1O. The van der Waals surface area contributed by atoms with Crippen LogP contribution in [0.1, 0.15) is 5.56 Å². The molecule has 92 valence electrons. The maximum absolute atomic E-state index is 9.59. The van der Waals surface area contributed by atoms with Gasteiger partial charge < -0.3 is 10.2 Å². The van der Waals surface area contributed by atoms with Crippen molar-refractivity contribution in [3.05, 3.63) is 52.0 Å². The highest BCUT2D eigenvalue weighted by Gasteiger charge is 2.03. The minimum atomic E-state index is -0.216. The van der Waals surface area contributed by atoms with Crippen molar-refractivity contribution in [2.24, 2.45) is 4.99 Å². The van der Waals surface area contributed by atoms with E-state index < -0.39 is 0 Å². The molecule has 0 spiro atoms. The van der Waals surface area contributed by atoms with Gasteiger partial charge in [0.2, 0.25) is 0 Å². The average molecular weight is 282 g/mol. The van der Waals surface area contributed by atoms with E-state index >= 15 is 0 Å². The number of para-hydroxylation sites is 1. The summed E-state index contributed by atoms with van der Waals surface area (Å²) < 4.78 is 0. The molecule has 18 heavy (non-hydrogen) atoms. The van der Waals surface area contributed by atoms with Crippen molar-refractivity contribution < 1.29 is 10.2 Å². The summed E-state index contributed by atoms with van der Waals surface area (Å²) in [4.78, 5) is 4.13. The molecule has 2 aromatic carbocycles. The standard InChI is InChI=1S/C13H9Cl2NO2/c14-9-4-5-11(10(15)6-9)16-7-8-2-1-3-12(17)13(8)18/h1-7,17-18H. The minimum Gasteiger partial charge on any atom is -0.504 e. The Bertz CT molecular complexity index is 612. The predicted molar refractivity (Wildman–Crippen MR) is 73.5 cm³/mol. The third-order valence-corrected chi connectivity index (χ3v) is 2.84. The summed E-state index contributed by atoms with van der Waals surface area (Å²) in [6.07, 6.45) is 1.42. The molecule has 0 aliphatic carbocycles. The monoisotopic (exact) mass is 281 g/mol. The summed E-state index contributed by atoms with van der Waals surface area (Å²) in [6, 6.07) is 9.55. The number of aromatic hydroxyl groups is 2. The Morgan fingerprint density at radius 3 is 2.56 bits per heavy atom. The van der Waals surface area contributed by atoms with Crippen LogP contribution in [-0.2, 0) is 0 Å². The van der Waals surface area contributed by atoms with E-state index in [0.29, 0.717) is 21.3 Å². The van der Waals surface area contributed by atoms with Crippen LogP contribution in [0.25, 0.3) is 0 Å². The van der Waals surface area contributed by atoms with Gasteiger partial charge in [-0.15, -0.1) is 0 Å². The van der Waals surface area contributed by atoms with Crippen LogP contribution >= 0.6 is 23.2 Å². The van der Waals surface area contributed by atoms with Crippen molar-refractivity contribution in [1.29, 1.82) is 0 Å². The number of aliphatic imine (C=N–C) groups is 1. The smallest absolute Gasteiger partial charge is 0.166 e. The summed E-state index contributed by atoms with van der Waals surface area (Å²) in [5.41, 5.74) is 0.935. The van der Waals surface area contributed by atoms with Gasteiger partial charge in [-0.1, -0.05) is 29.3 Å². The second-order valence-electron chi connectivity index (χ2n) is 3.57. The molecule has 5 heteroatoms. The van der Waals surface area contributed by atoms with Gasteiger partial charge in [0, 0.05) is 16.8 Å². The highest BCUT2D eigenvalue weighted by atomic mass is 35.5. The first-order chi connectivity index (χ1) is 8.58. The van der Waals surface area contributed by atoms with E-state index in [1.54, 1.807) is 30.3 Å². The van der Waals surface area contributed by atoms with Gasteiger partial charge in [0.05, 0.1) is 10.7 Å². The average Bonchev–Trinajstić information content (AvgIpc) is 2.33. The maximum atomic E-state index is 9.59. The zero-order valence-electron chi connectivity index (χ0n) is 9.14. The summed E-state index contributed by atoms with van der Waals surface area (Å²) in [7, 11) is 0. The predicted octanol–water partition coefficient (Wildman–Crippen LogP) is 4.16. The molecular formula is C13H9Cl2NO2. The first kappa shape index (κ1) is 12.7. The first-order valence-corrected chi connectivity index (χ1v) is 5.83.